The highest BCUT2D eigenvalue weighted by molar-refractivity contribution is 9.10. The molecule has 0 spiro atoms. The van der Waals surface area contributed by atoms with E-state index in [-0.39, 0.29) is 6.04 Å². The summed E-state index contributed by atoms with van der Waals surface area (Å²) >= 11 is 3.50. The largest absolute Gasteiger partial charge is 0.508 e. The molecule has 2 atom stereocenters. The third kappa shape index (κ3) is 3.98. The highest BCUT2D eigenvalue weighted by atomic mass is 79.9. The van der Waals surface area contributed by atoms with E-state index >= 15 is 0 Å². The van der Waals surface area contributed by atoms with E-state index in [1.807, 2.05) is 12.1 Å². The lowest BCUT2D eigenvalue weighted by atomic mass is 9.84. The van der Waals surface area contributed by atoms with E-state index in [1.165, 1.54) is 32.1 Å². The number of halogens is 1. The summed E-state index contributed by atoms with van der Waals surface area (Å²) in [6.07, 6.45) is 7.81. The van der Waals surface area contributed by atoms with Crippen LogP contribution in [0.1, 0.15) is 64.0 Å². The molecule has 0 amide bonds. The average molecular weight is 340 g/mol. The smallest absolute Gasteiger partial charge is 0.120 e. The Morgan fingerprint density at radius 3 is 2.65 bits per heavy atom. The van der Waals surface area contributed by atoms with Gasteiger partial charge in [0.2, 0.25) is 0 Å². The average Bonchev–Trinajstić information content (AvgIpc) is 2.48. The van der Waals surface area contributed by atoms with Crippen LogP contribution in [0.2, 0.25) is 0 Å². The molecule has 1 unspecified atom stereocenters. The van der Waals surface area contributed by atoms with Gasteiger partial charge in [-0.3, -0.25) is 0 Å². The van der Waals surface area contributed by atoms with Gasteiger partial charge in [0, 0.05) is 22.1 Å². The quantitative estimate of drug-likeness (QED) is 0.775. The van der Waals surface area contributed by atoms with Crippen LogP contribution in [0.15, 0.2) is 22.7 Å². The third-order valence-electron chi connectivity index (χ3n) is 4.59. The van der Waals surface area contributed by atoms with Crippen LogP contribution >= 0.6 is 15.9 Å². The molecule has 2 rings (SSSR count). The molecule has 1 aliphatic rings. The Hall–Kier alpha value is -0.540. The van der Waals surface area contributed by atoms with Gasteiger partial charge in [-0.1, -0.05) is 42.1 Å². The van der Waals surface area contributed by atoms with Crippen molar-refractivity contribution in [1.29, 1.82) is 0 Å². The van der Waals surface area contributed by atoms with E-state index < -0.39 is 0 Å². The Labute approximate surface area is 131 Å². The Morgan fingerprint density at radius 1 is 1.30 bits per heavy atom. The van der Waals surface area contributed by atoms with E-state index in [9.17, 15) is 5.11 Å². The zero-order valence-electron chi connectivity index (χ0n) is 12.5. The molecular formula is C17H26BrNO. The molecule has 0 aromatic heterocycles. The van der Waals surface area contributed by atoms with Crippen molar-refractivity contribution >= 4 is 15.9 Å². The number of nitrogens with one attached hydrogen (secondary N) is 1. The van der Waals surface area contributed by atoms with Crippen molar-refractivity contribution in [2.75, 3.05) is 0 Å². The van der Waals surface area contributed by atoms with Gasteiger partial charge in [0.1, 0.15) is 5.75 Å². The second kappa shape index (κ2) is 7.46. The number of aromatic hydroxyl groups is 1. The van der Waals surface area contributed by atoms with Crippen LogP contribution in [0.3, 0.4) is 0 Å². The molecule has 2 N–H and O–H groups in total. The first kappa shape index (κ1) is 15.8. The fourth-order valence-electron chi connectivity index (χ4n) is 3.32. The fourth-order valence-corrected chi connectivity index (χ4v) is 3.70. The lowest BCUT2D eigenvalue weighted by Crippen LogP contribution is -2.37. The minimum absolute atomic E-state index is 0.226. The summed E-state index contributed by atoms with van der Waals surface area (Å²) in [4.78, 5) is 0. The van der Waals surface area contributed by atoms with Crippen LogP contribution in [-0.4, -0.2) is 11.1 Å². The first-order valence-corrected chi connectivity index (χ1v) is 8.65. The first-order valence-electron chi connectivity index (χ1n) is 7.86. The molecule has 0 saturated heterocycles. The molecule has 1 aromatic rings. The second-order valence-corrected chi connectivity index (χ2v) is 6.93. The Balaban J connectivity index is 2.05. The molecule has 0 radical (unpaired) electrons. The number of rotatable bonds is 5. The van der Waals surface area contributed by atoms with Crippen molar-refractivity contribution in [2.45, 2.75) is 64.5 Å². The molecule has 2 nitrogen and oxygen atoms in total. The summed E-state index contributed by atoms with van der Waals surface area (Å²) in [5.41, 5.74) is 1.00. The maximum absolute atomic E-state index is 10.1. The summed E-state index contributed by atoms with van der Waals surface area (Å²) in [6, 6.07) is 6.43. The topological polar surface area (TPSA) is 32.3 Å². The van der Waals surface area contributed by atoms with Gasteiger partial charge in [-0.05, 0) is 50.3 Å². The molecule has 20 heavy (non-hydrogen) atoms. The molecule has 1 saturated carbocycles. The van der Waals surface area contributed by atoms with Crippen molar-refractivity contribution in [3.63, 3.8) is 0 Å². The Bertz CT molecular complexity index is 429. The van der Waals surface area contributed by atoms with Gasteiger partial charge in [-0.15, -0.1) is 0 Å². The van der Waals surface area contributed by atoms with Gasteiger partial charge in [-0.2, -0.15) is 0 Å². The lowest BCUT2D eigenvalue weighted by molar-refractivity contribution is 0.261. The molecule has 112 valence electrons. The molecule has 1 aromatic carbocycles. The van der Waals surface area contributed by atoms with Crippen molar-refractivity contribution in [1.82, 2.24) is 5.32 Å². The second-order valence-electron chi connectivity index (χ2n) is 6.02. The Kier molecular flexibility index (Phi) is 5.91. The van der Waals surface area contributed by atoms with Crippen LogP contribution in [0.25, 0.3) is 0 Å². The van der Waals surface area contributed by atoms with E-state index in [2.05, 4.69) is 35.1 Å². The first-order chi connectivity index (χ1) is 9.61. The van der Waals surface area contributed by atoms with Crippen LogP contribution in [-0.2, 0) is 0 Å². The summed E-state index contributed by atoms with van der Waals surface area (Å²) in [5, 5.41) is 13.8. The monoisotopic (exact) mass is 339 g/mol. The van der Waals surface area contributed by atoms with Gasteiger partial charge in [0.25, 0.3) is 0 Å². The van der Waals surface area contributed by atoms with Gasteiger partial charge in [-0.25, -0.2) is 0 Å². The summed E-state index contributed by atoms with van der Waals surface area (Å²) in [6.45, 7) is 4.47. The summed E-state index contributed by atoms with van der Waals surface area (Å²) in [5.74, 6) is 1.18. The third-order valence-corrected chi connectivity index (χ3v) is 5.09. The normalized spacial score (nSPS) is 19.8. The van der Waals surface area contributed by atoms with E-state index in [0.717, 1.165) is 22.4 Å². The molecule has 3 heteroatoms. The van der Waals surface area contributed by atoms with E-state index in [4.69, 9.17) is 0 Å². The Morgan fingerprint density at radius 2 is 2.00 bits per heavy atom. The molecular weight excluding hydrogens is 314 g/mol. The summed E-state index contributed by atoms with van der Waals surface area (Å²) < 4.78 is 1.02. The van der Waals surface area contributed by atoms with Crippen molar-refractivity contribution in [3.05, 3.63) is 28.2 Å². The van der Waals surface area contributed by atoms with Crippen molar-refractivity contribution in [2.24, 2.45) is 5.92 Å². The maximum atomic E-state index is 10.1. The predicted molar refractivity (Wildman–Crippen MR) is 88.0 cm³/mol. The van der Waals surface area contributed by atoms with Gasteiger partial charge in [0.05, 0.1) is 0 Å². The predicted octanol–water partition coefficient (Wildman–Crippen LogP) is 5.16. The molecule has 0 heterocycles. The van der Waals surface area contributed by atoms with E-state index in [0.29, 0.717) is 11.8 Å². The fraction of sp³-hybridized carbons (Fsp3) is 0.647. The minimum atomic E-state index is 0.226. The zero-order valence-corrected chi connectivity index (χ0v) is 14.1. The SMILES string of the molecule is CCC(N[C@@H](C)C1CCCCC1)c1cc(Br)ccc1O. The van der Waals surface area contributed by atoms with Crippen LogP contribution in [0.5, 0.6) is 5.75 Å². The molecule has 0 aliphatic heterocycles. The van der Waals surface area contributed by atoms with Crippen LogP contribution in [0, 0.1) is 5.92 Å². The van der Waals surface area contributed by atoms with Gasteiger partial charge in [0.15, 0.2) is 0 Å². The highest BCUT2D eigenvalue weighted by Crippen LogP contribution is 2.32. The summed E-state index contributed by atoms with van der Waals surface area (Å²) in [7, 11) is 0. The van der Waals surface area contributed by atoms with Crippen molar-refractivity contribution < 1.29 is 5.11 Å². The standard InChI is InChI=1S/C17H26BrNO/c1-3-16(15-11-14(18)9-10-17(15)20)19-12(2)13-7-5-4-6-8-13/h9-13,16,19-20H,3-8H2,1-2H3/t12-,16?/m0/s1. The number of hydrogen-bond acceptors (Lipinski definition) is 2. The molecule has 1 fully saturated rings. The van der Waals surface area contributed by atoms with Crippen molar-refractivity contribution in [3.8, 4) is 5.75 Å². The number of benzene rings is 1. The maximum Gasteiger partial charge on any atom is 0.120 e. The zero-order chi connectivity index (χ0) is 14.5. The number of phenolic OH excluding ortho intramolecular Hbond substituents is 1. The highest BCUT2D eigenvalue weighted by Gasteiger charge is 2.23. The minimum Gasteiger partial charge on any atom is -0.508 e. The molecule has 1 aliphatic carbocycles. The van der Waals surface area contributed by atoms with Crippen LogP contribution in [0.4, 0.5) is 0 Å². The van der Waals surface area contributed by atoms with Gasteiger partial charge < -0.3 is 10.4 Å². The van der Waals surface area contributed by atoms with Gasteiger partial charge >= 0.3 is 0 Å². The molecule has 0 bridgehead atoms. The number of phenols is 1. The van der Waals surface area contributed by atoms with Crippen LogP contribution < -0.4 is 5.32 Å². The number of hydrogen-bond donors (Lipinski definition) is 2. The lowest BCUT2D eigenvalue weighted by Gasteiger charge is -2.32. The van der Waals surface area contributed by atoms with E-state index in [1.54, 1.807) is 6.07 Å².